The van der Waals surface area contributed by atoms with Gasteiger partial charge in [0.1, 0.15) is 29.1 Å². The number of carbonyl (C=O) groups excluding carboxylic acids is 1. The summed E-state index contributed by atoms with van der Waals surface area (Å²) in [5.41, 5.74) is 12.7. The van der Waals surface area contributed by atoms with Gasteiger partial charge in [0.05, 0.1) is 13.2 Å². The van der Waals surface area contributed by atoms with E-state index in [0.717, 1.165) is 22.4 Å². The molecule has 0 bridgehead atoms. The summed E-state index contributed by atoms with van der Waals surface area (Å²) in [5.74, 6) is 1.48. The first-order valence-corrected chi connectivity index (χ1v) is 11.9. The number of azide groups is 1. The third kappa shape index (κ3) is 5.52. The quantitative estimate of drug-likeness (QED) is 0.115. The number of aromatic hydroxyl groups is 1. The fourth-order valence-corrected chi connectivity index (χ4v) is 4.30. The molecule has 9 heteroatoms. The van der Waals surface area contributed by atoms with Gasteiger partial charge in [0.2, 0.25) is 0 Å². The van der Waals surface area contributed by atoms with Crippen LogP contribution in [0, 0.1) is 0 Å². The average molecular weight is 494 g/mol. The minimum absolute atomic E-state index is 0.0564. The Morgan fingerprint density at radius 3 is 2.51 bits per heavy atom. The van der Waals surface area contributed by atoms with Crippen LogP contribution in [0.4, 0.5) is 5.82 Å². The average Bonchev–Trinajstić information content (AvgIpc) is 3.24. The van der Waals surface area contributed by atoms with E-state index < -0.39 is 6.04 Å². The second-order valence-electron chi connectivity index (χ2n) is 8.69. The van der Waals surface area contributed by atoms with E-state index in [2.05, 4.69) is 15.3 Å². The van der Waals surface area contributed by atoms with Crippen molar-refractivity contribution in [1.82, 2.24) is 4.98 Å². The highest BCUT2D eigenvalue weighted by atomic mass is 16.5. The van der Waals surface area contributed by atoms with E-state index in [-0.39, 0.29) is 18.2 Å². The van der Waals surface area contributed by atoms with Gasteiger partial charge in [-0.1, -0.05) is 47.6 Å². The summed E-state index contributed by atoms with van der Waals surface area (Å²) in [7, 11) is 0. The van der Waals surface area contributed by atoms with Gasteiger partial charge in [-0.25, -0.2) is 9.78 Å². The Labute approximate surface area is 213 Å². The van der Waals surface area contributed by atoms with Crippen molar-refractivity contribution in [3.8, 4) is 22.8 Å². The highest BCUT2D eigenvalue weighted by Gasteiger charge is 2.41. The second-order valence-corrected chi connectivity index (χ2v) is 8.69. The molecule has 0 saturated carbocycles. The van der Waals surface area contributed by atoms with Crippen LogP contribution in [0.3, 0.4) is 0 Å². The smallest absolute Gasteiger partial charge is 0.359 e. The summed E-state index contributed by atoms with van der Waals surface area (Å²) in [6, 6.07) is 23.9. The number of aromatic nitrogens is 2. The predicted molar refractivity (Wildman–Crippen MR) is 138 cm³/mol. The van der Waals surface area contributed by atoms with Crippen LogP contribution in [-0.4, -0.2) is 35.2 Å². The molecule has 0 radical (unpaired) electrons. The molecule has 9 nitrogen and oxygen atoms in total. The van der Waals surface area contributed by atoms with Gasteiger partial charge < -0.3 is 9.84 Å². The van der Waals surface area contributed by atoms with Crippen molar-refractivity contribution in [1.29, 1.82) is 0 Å². The van der Waals surface area contributed by atoms with Crippen LogP contribution in [0.25, 0.3) is 21.7 Å². The lowest BCUT2D eigenvalue weighted by atomic mass is 10.1. The molecule has 184 valence electrons. The molecule has 37 heavy (non-hydrogen) atoms. The molecule has 2 N–H and O–H groups in total. The van der Waals surface area contributed by atoms with E-state index in [4.69, 9.17) is 15.3 Å². The monoisotopic (exact) mass is 493 g/mol. The maximum absolute atomic E-state index is 13.5. The van der Waals surface area contributed by atoms with Gasteiger partial charge in [-0.05, 0) is 53.1 Å². The van der Waals surface area contributed by atoms with E-state index in [1.165, 1.54) is 0 Å². The zero-order valence-corrected chi connectivity index (χ0v) is 20.0. The fourth-order valence-electron chi connectivity index (χ4n) is 4.30. The number of phenolic OH excluding ortho intramolecular Hbond substituents is 1. The zero-order chi connectivity index (χ0) is 25.6. The highest BCUT2D eigenvalue weighted by molar-refractivity contribution is 5.82. The molecular weight excluding hydrogens is 468 g/mol. The number of phenols is 1. The summed E-state index contributed by atoms with van der Waals surface area (Å²) in [6.07, 6.45) is 2.83. The van der Waals surface area contributed by atoms with Crippen molar-refractivity contribution in [3.63, 3.8) is 0 Å². The lowest BCUT2D eigenvalue weighted by Gasteiger charge is -2.08. The minimum atomic E-state index is -0.442. The van der Waals surface area contributed by atoms with Gasteiger partial charge in [0.25, 0.3) is 0 Å². The molecule has 1 aromatic heterocycles. The van der Waals surface area contributed by atoms with Crippen LogP contribution in [0.2, 0.25) is 0 Å². The summed E-state index contributed by atoms with van der Waals surface area (Å²) in [4.78, 5) is 21.1. The van der Waals surface area contributed by atoms with E-state index in [1.54, 1.807) is 22.9 Å². The van der Waals surface area contributed by atoms with Crippen LogP contribution >= 0.6 is 0 Å². The van der Waals surface area contributed by atoms with Crippen LogP contribution in [0.15, 0.2) is 90.2 Å². The number of anilines is 1. The maximum Gasteiger partial charge on any atom is 0.359 e. The van der Waals surface area contributed by atoms with Crippen LogP contribution < -0.4 is 14.6 Å². The standard InChI is InChI=1S/C28H24N6O3/c29-33-30-14-15-37-23-12-8-21(9-13-23)26-18-34-27(24(31-26)16-19-4-2-1-3-5-19)32-25(28(34)36)17-20-6-10-22(35)11-7-20/h1-13,18,25,35H,14-17H2/p+1. The lowest BCUT2D eigenvalue weighted by molar-refractivity contribution is -0.552. The number of carbonyl (C=O) groups is 1. The molecule has 0 aliphatic carbocycles. The molecule has 0 saturated heterocycles. The van der Waals surface area contributed by atoms with Gasteiger partial charge in [-0.3, -0.25) is 5.32 Å². The molecule has 0 amide bonds. The fraction of sp³-hybridized carbons (Fsp3) is 0.179. The number of hydrogen-bond acceptors (Lipinski definition) is 6. The Bertz CT molecular complexity index is 1450. The molecule has 2 heterocycles. The summed E-state index contributed by atoms with van der Waals surface area (Å²) < 4.78 is 7.26. The Morgan fingerprint density at radius 2 is 1.78 bits per heavy atom. The van der Waals surface area contributed by atoms with Crippen molar-refractivity contribution < 1.29 is 19.2 Å². The van der Waals surface area contributed by atoms with Crippen molar-refractivity contribution in [2.45, 2.75) is 18.9 Å². The van der Waals surface area contributed by atoms with Crippen molar-refractivity contribution in [3.05, 3.63) is 112 Å². The van der Waals surface area contributed by atoms with Gasteiger partial charge in [0.15, 0.2) is 6.04 Å². The normalized spacial score (nSPS) is 13.9. The van der Waals surface area contributed by atoms with E-state index in [9.17, 15) is 9.90 Å². The highest BCUT2D eigenvalue weighted by Crippen LogP contribution is 2.26. The number of benzene rings is 3. The van der Waals surface area contributed by atoms with Gasteiger partial charge in [-0.2, -0.15) is 4.57 Å². The predicted octanol–water partition coefficient (Wildman–Crippen LogP) is 4.70. The number of nitrogens with zero attached hydrogens (tertiary/aromatic N) is 5. The second kappa shape index (κ2) is 10.8. The Hall–Kier alpha value is -4.88. The first kappa shape index (κ1) is 23.8. The largest absolute Gasteiger partial charge is 0.508 e. The topological polar surface area (TPSA) is 124 Å². The Kier molecular flexibility index (Phi) is 6.96. The summed E-state index contributed by atoms with van der Waals surface area (Å²) in [5, 5.41) is 16.4. The molecular formula is C28H25N6O3+. The number of ether oxygens (including phenoxy) is 1. The number of hydrogen-bond donors (Lipinski definition) is 2. The number of nitrogens with one attached hydrogen (secondary N) is 1. The molecule has 1 aliphatic rings. The van der Waals surface area contributed by atoms with Crippen molar-refractivity contribution >= 4 is 11.7 Å². The van der Waals surface area contributed by atoms with Gasteiger partial charge >= 0.3 is 11.7 Å². The number of rotatable bonds is 9. The molecule has 0 fully saturated rings. The lowest BCUT2D eigenvalue weighted by Crippen LogP contribution is -2.44. The van der Waals surface area contributed by atoms with Crippen molar-refractivity contribution in [2.24, 2.45) is 5.11 Å². The van der Waals surface area contributed by atoms with Crippen LogP contribution in [0.5, 0.6) is 11.5 Å². The molecule has 0 spiro atoms. The molecule has 1 unspecified atom stereocenters. The molecule has 3 aromatic carbocycles. The first-order valence-electron chi connectivity index (χ1n) is 11.9. The first-order chi connectivity index (χ1) is 18.1. The maximum atomic E-state index is 13.5. The van der Waals surface area contributed by atoms with Crippen LogP contribution in [-0.2, 0) is 12.8 Å². The van der Waals surface area contributed by atoms with Crippen LogP contribution in [0.1, 0.15) is 21.6 Å². The third-order valence-corrected chi connectivity index (χ3v) is 6.13. The van der Waals surface area contributed by atoms with E-state index >= 15 is 0 Å². The SMILES string of the molecule is [N-]=[N+]=NCCOc1ccc(-c2c[n+]3c(c(Cc4ccccc4)n2)NC(Cc2ccc(O)cc2)C3=O)cc1. The summed E-state index contributed by atoms with van der Waals surface area (Å²) >= 11 is 0. The molecule has 1 atom stereocenters. The van der Waals surface area contributed by atoms with E-state index in [0.29, 0.717) is 36.7 Å². The van der Waals surface area contributed by atoms with E-state index in [1.807, 2.05) is 66.7 Å². The van der Waals surface area contributed by atoms with Gasteiger partial charge in [-0.15, -0.1) is 0 Å². The van der Waals surface area contributed by atoms with Crippen molar-refractivity contribution in [2.75, 3.05) is 18.5 Å². The molecule has 1 aliphatic heterocycles. The molecule has 4 aromatic rings. The zero-order valence-electron chi connectivity index (χ0n) is 20.0. The Morgan fingerprint density at radius 1 is 1.03 bits per heavy atom. The van der Waals surface area contributed by atoms with Gasteiger partial charge in [0, 0.05) is 23.3 Å². The summed E-state index contributed by atoms with van der Waals surface area (Å²) in [6.45, 7) is 0.546. The Balaban J connectivity index is 1.45. The minimum Gasteiger partial charge on any atom is -0.508 e. The third-order valence-electron chi connectivity index (χ3n) is 6.13. The number of fused-ring (bicyclic) bond motifs is 1. The molecule has 5 rings (SSSR count).